The van der Waals surface area contributed by atoms with Gasteiger partial charge in [-0.25, -0.2) is 9.37 Å². The third-order valence-corrected chi connectivity index (χ3v) is 4.21. The van der Waals surface area contributed by atoms with Crippen LogP contribution in [0.5, 0.6) is 0 Å². The van der Waals surface area contributed by atoms with Gasteiger partial charge in [0.1, 0.15) is 18.0 Å². The molecule has 1 unspecified atom stereocenters. The molecule has 0 bridgehead atoms. The van der Waals surface area contributed by atoms with Gasteiger partial charge in [-0.05, 0) is 43.3 Å². The van der Waals surface area contributed by atoms with Gasteiger partial charge in [0, 0.05) is 11.8 Å². The van der Waals surface area contributed by atoms with Gasteiger partial charge in [-0.1, -0.05) is 6.07 Å². The summed E-state index contributed by atoms with van der Waals surface area (Å²) in [5, 5.41) is 7.20. The molecule has 2 aromatic heterocycles. The minimum absolute atomic E-state index is 0.367. The van der Waals surface area contributed by atoms with Gasteiger partial charge in [0.05, 0.1) is 10.9 Å². The minimum Gasteiger partial charge on any atom is -0.363 e. The molecule has 25 heavy (non-hydrogen) atoms. The predicted octanol–water partition coefficient (Wildman–Crippen LogP) is 4.36. The van der Waals surface area contributed by atoms with Crippen LogP contribution in [0.15, 0.2) is 35.5 Å². The summed E-state index contributed by atoms with van der Waals surface area (Å²) in [5.74, 6) is 0.102. The molecule has 0 radical (unpaired) electrons. The Morgan fingerprint density at radius 1 is 1.24 bits per heavy atom. The zero-order valence-corrected chi connectivity index (χ0v) is 14.0. The Bertz CT molecular complexity index is 909. The summed E-state index contributed by atoms with van der Waals surface area (Å²) in [6.45, 7) is 3.57. The van der Waals surface area contributed by atoms with E-state index < -0.39 is 28.0 Å². The SMILES string of the molecule is Cc1cc(NC(C)c2ccc(SC(F)(F)F)c(F)c2)n2ncnc2n1. The maximum Gasteiger partial charge on any atom is 0.446 e. The van der Waals surface area contributed by atoms with Crippen LogP contribution in [0, 0.1) is 12.7 Å². The lowest BCUT2D eigenvalue weighted by molar-refractivity contribution is -0.0329. The number of aromatic nitrogens is 4. The maximum atomic E-state index is 14.0. The Kier molecular flexibility index (Phi) is 4.55. The van der Waals surface area contributed by atoms with Crippen LogP contribution in [0.3, 0.4) is 0 Å². The van der Waals surface area contributed by atoms with E-state index in [1.165, 1.54) is 16.9 Å². The number of benzene rings is 1. The first kappa shape index (κ1) is 17.5. The van der Waals surface area contributed by atoms with E-state index in [0.717, 1.165) is 17.8 Å². The molecule has 3 aromatic rings. The molecular formula is C15H13F4N5S. The summed E-state index contributed by atoms with van der Waals surface area (Å²) in [6, 6.07) is 5.07. The normalized spacial score (nSPS) is 13.2. The van der Waals surface area contributed by atoms with E-state index in [4.69, 9.17) is 0 Å². The molecule has 0 fully saturated rings. The number of halogens is 4. The van der Waals surface area contributed by atoms with Crippen LogP contribution < -0.4 is 5.32 Å². The van der Waals surface area contributed by atoms with E-state index in [9.17, 15) is 17.6 Å². The van der Waals surface area contributed by atoms with Gasteiger partial charge in [-0.2, -0.15) is 27.8 Å². The first-order valence-corrected chi connectivity index (χ1v) is 8.04. The van der Waals surface area contributed by atoms with Crippen molar-refractivity contribution in [3.8, 4) is 0 Å². The van der Waals surface area contributed by atoms with Gasteiger partial charge >= 0.3 is 5.51 Å². The van der Waals surface area contributed by atoms with Crippen molar-refractivity contribution in [1.82, 2.24) is 19.6 Å². The van der Waals surface area contributed by atoms with Crippen molar-refractivity contribution < 1.29 is 17.6 Å². The Morgan fingerprint density at radius 3 is 2.68 bits per heavy atom. The van der Waals surface area contributed by atoms with E-state index in [2.05, 4.69) is 20.4 Å². The summed E-state index contributed by atoms with van der Waals surface area (Å²) >= 11 is -0.469. The summed E-state index contributed by atoms with van der Waals surface area (Å²) in [5.41, 5.74) is -3.30. The lowest BCUT2D eigenvalue weighted by Crippen LogP contribution is -2.12. The standard InChI is InChI=1S/C15H13F4N5S/c1-8-5-13(24-14(22-8)20-7-21-24)23-9(2)10-3-4-12(11(16)6-10)25-15(17,18)19/h3-7,9,23H,1-2H3. The number of nitrogens with zero attached hydrogens (tertiary/aromatic N) is 4. The van der Waals surface area contributed by atoms with Crippen molar-refractivity contribution in [3.05, 3.63) is 47.7 Å². The van der Waals surface area contributed by atoms with Crippen LogP contribution in [0.4, 0.5) is 23.4 Å². The van der Waals surface area contributed by atoms with Crippen LogP contribution in [0.25, 0.3) is 5.78 Å². The molecule has 1 N–H and O–H groups in total. The van der Waals surface area contributed by atoms with Crippen molar-refractivity contribution in [1.29, 1.82) is 0 Å². The number of hydrogen-bond donors (Lipinski definition) is 1. The van der Waals surface area contributed by atoms with Crippen LogP contribution >= 0.6 is 11.8 Å². The van der Waals surface area contributed by atoms with Crippen LogP contribution in [-0.2, 0) is 0 Å². The number of nitrogens with one attached hydrogen (secondary N) is 1. The van der Waals surface area contributed by atoms with Gasteiger partial charge in [0.2, 0.25) is 0 Å². The Morgan fingerprint density at radius 2 is 2.00 bits per heavy atom. The molecule has 132 valence electrons. The molecule has 1 aromatic carbocycles. The maximum absolute atomic E-state index is 14.0. The molecule has 2 heterocycles. The highest BCUT2D eigenvalue weighted by molar-refractivity contribution is 8.00. The number of rotatable bonds is 4. The molecule has 0 aliphatic carbocycles. The lowest BCUT2D eigenvalue weighted by atomic mass is 10.1. The molecule has 0 aliphatic rings. The smallest absolute Gasteiger partial charge is 0.363 e. The molecule has 0 saturated heterocycles. The largest absolute Gasteiger partial charge is 0.446 e. The Hall–Kier alpha value is -2.36. The molecule has 10 heteroatoms. The van der Waals surface area contributed by atoms with Crippen molar-refractivity contribution in [2.24, 2.45) is 0 Å². The fraction of sp³-hybridized carbons (Fsp3) is 0.267. The zero-order valence-electron chi connectivity index (χ0n) is 13.2. The summed E-state index contributed by atoms with van der Waals surface area (Å²) in [4.78, 5) is 7.77. The number of thioether (sulfide) groups is 1. The topological polar surface area (TPSA) is 55.1 Å². The third-order valence-electron chi connectivity index (χ3n) is 3.43. The van der Waals surface area contributed by atoms with E-state index in [0.29, 0.717) is 17.2 Å². The molecule has 0 aliphatic heterocycles. The van der Waals surface area contributed by atoms with Crippen LogP contribution in [-0.4, -0.2) is 25.1 Å². The quantitative estimate of drug-likeness (QED) is 0.546. The monoisotopic (exact) mass is 371 g/mol. The number of alkyl halides is 3. The fourth-order valence-corrected chi connectivity index (χ4v) is 2.87. The van der Waals surface area contributed by atoms with Crippen molar-refractivity contribution >= 4 is 23.4 Å². The second kappa shape index (κ2) is 6.51. The average molecular weight is 371 g/mol. The fourth-order valence-electron chi connectivity index (χ4n) is 2.33. The van der Waals surface area contributed by atoms with Crippen molar-refractivity contribution in [3.63, 3.8) is 0 Å². The second-order valence-corrected chi connectivity index (χ2v) is 6.47. The zero-order chi connectivity index (χ0) is 18.2. The average Bonchev–Trinajstić information content (AvgIpc) is 2.96. The molecule has 5 nitrogen and oxygen atoms in total. The third kappa shape index (κ3) is 4.01. The predicted molar refractivity (Wildman–Crippen MR) is 85.9 cm³/mol. The van der Waals surface area contributed by atoms with Gasteiger partial charge < -0.3 is 5.32 Å². The molecule has 0 amide bonds. The van der Waals surface area contributed by atoms with Gasteiger partial charge in [-0.3, -0.25) is 0 Å². The highest BCUT2D eigenvalue weighted by atomic mass is 32.2. The first-order chi connectivity index (χ1) is 11.7. The summed E-state index contributed by atoms with van der Waals surface area (Å²) in [6.07, 6.45) is 1.36. The molecule has 3 rings (SSSR count). The number of hydrogen-bond acceptors (Lipinski definition) is 5. The highest BCUT2D eigenvalue weighted by Crippen LogP contribution is 2.38. The van der Waals surface area contributed by atoms with E-state index in [1.807, 2.05) is 0 Å². The summed E-state index contributed by atoms with van der Waals surface area (Å²) in [7, 11) is 0. The molecule has 0 spiro atoms. The second-order valence-electron chi connectivity index (χ2n) is 5.36. The van der Waals surface area contributed by atoms with Crippen molar-refractivity contribution in [2.45, 2.75) is 30.3 Å². The first-order valence-electron chi connectivity index (χ1n) is 7.22. The van der Waals surface area contributed by atoms with Crippen molar-refractivity contribution in [2.75, 3.05) is 5.32 Å². The Labute approximate surface area is 144 Å². The number of fused-ring (bicyclic) bond motifs is 1. The number of anilines is 1. The lowest BCUT2D eigenvalue weighted by Gasteiger charge is -2.17. The number of aryl methyl sites for hydroxylation is 1. The minimum atomic E-state index is -4.53. The molecule has 0 saturated carbocycles. The molecule has 1 atom stereocenters. The van der Waals surface area contributed by atoms with Crippen LogP contribution in [0.1, 0.15) is 24.2 Å². The van der Waals surface area contributed by atoms with E-state index >= 15 is 0 Å². The highest BCUT2D eigenvalue weighted by Gasteiger charge is 2.30. The summed E-state index contributed by atoms with van der Waals surface area (Å²) < 4.78 is 52.6. The van der Waals surface area contributed by atoms with Gasteiger partial charge in [0.25, 0.3) is 5.78 Å². The van der Waals surface area contributed by atoms with E-state index in [1.54, 1.807) is 19.9 Å². The van der Waals surface area contributed by atoms with Gasteiger partial charge in [-0.15, -0.1) is 0 Å². The van der Waals surface area contributed by atoms with E-state index in [-0.39, 0.29) is 6.04 Å². The Balaban J connectivity index is 1.84. The van der Waals surface area contributed by atoms with Crippen LogP contribution in [0.2, 0.25) is 0 Å². The molecular weight excluding hydrogens is 358 g/mol. The van der Waals surface area contributed by atoms with Gasteiger partial charge in [0.15, 0.2) is 0 Å².